The average molecular weight is 401 g/mol. The molecule has 1 aromatic heterocycles. The Morgan fingerprint density at radius 3 is 2.93 bits per heavy atom. The van der Waals surface area contributed by atoms with Gasteiger partial charge >= 0.3 is 51.4 Å². The summed E-state index contributed by atoms with van der Waals surface area (Å²) in [6.45, 7) is 4.02. The summed E-state index contributed by atoms with van der Waals surface area (Å²) in [4.78, 5) is 21.4. The number of carbonyl (C=O) groups is 1. The SMILES string of the molecule is CCNCC(=O)c1nc[c-]c(-c2[c-]ccc(C3=NCCC=C3)c2)c1COC.[K+]. The standard InChI is InChI=1S/C22H23N3O2.K/c1-3-23-14-21(26)22-19(15-27-2)18(10-12-25-22)16-7-6-8-17(13-16)20-9-4-5-11-24-20;/h4,6,8-9,12-13,23H,3,5,11,14-15H2,1-2H3;/q-2;+1. The smallest absolute Gasteiger partial charge is 0.393 e. The Morgan fingerprint density at radius 2 is 2.21 bits per heavy atom. The molecule has 1 aromatic carbocycles. The molecule has 140 valence electrons. The van der Waals surface area contributed by atoms with Crippen LogP contribution in [0.5, 0.6) is 0 Å². The van der Waals surface area contributed by atoms with Crippen LogP contribution in [0.3, 0.4) is 0 Å². The normalized spacial score (nSPS) is 13.0. The summed E-state index contributed by atoms with van der Waals surface area (Å²) in [7, 11) is 1.61. The van der Waals surface area contributed by atoms with E-state index < -0.39 is 0 Å². The Labute approximate surface area is 209 Å². The zero-order valence-electron chi connectivity index (χ0n) is 16.7. The number of likely N-dealkylation sites (N-methyl/N-ethyl adjacent to an activating group) is 1. The Bertz CT molecular complexity index is 878. The molecule has 0 fully saturated rings. The van der Waals surface area contributed by atoms with E-state index in [9.17, 15) is 4.79 Å². The number of methoxy groups -OCH3 is 1. The molecule has 1 N–H and O–H groups in total. The van der Waals surface area contributed by atoms with Gasteiger partial charge in [-0.3, -0.25) is 25.9 Å². The number of ether oxygens (including phenoxy) is 1. The summed E-state index contributed by atoms with van der Waals surface area (Å²) in [5.41, 5.74) is 4.77. The maximum Gasteiger partial charge on any atom is 1.00 e. The summed E-state index contributed by atoms with van der Waals surface area (Å²) >= 11 is 0. The van der Waals surface area contributed by atoms with Crippen molar-refractivity contribution in [2.45, 2.75) is 20.0 Å². The molecule has 1 aliphatic rings. The first-order valence-electron chi connectivity index (χ1n) is 9.10. The van der Waals surface area contributed by atoms with Crippen LogP contribution in [-0.4, -0.2) is 43.2 Å². The molecule has 0 bridgehead atoms. The number of benzene rings is 1. The van der Waals surface area contributed by atoms with Crippen LogP contribution in [0, 0.1) is 12.1 Å². The fraction of sp³-hybridized carbons (Fsp3) is 0.318. The number of carbonyl (C=O) groups excluding carboxylic acids is 1. The molecule has 5 nitrogen and oxygen atoms in total. The number of Topliss-reactive ketones (excluding diaryl/α,β-unsaturated/α-hetero) is 1. The Kier molecular flexibility index (Phi) is 9.88. The maximum absolute atomic E-state index is 12.6. The molecule has 0 saturated heterocycles. The van der Waals surface area contributed by atoms with Gasteiger partial charge in [0.1, 0.15) is 0 Å². The van der Waals surface area contributed by atoms with Gasteiger partial charge in [-0.2, -0.15) is 12.1 Å². The number of hydrogen-bond acceptors (Lipinski definition) is 5. The van der Waals surface area contributed by atoms with Gasteiger partial charge in [0, 0.05) is 31.7 Å². The zero-order chi connectivity index (χ0) is 19.1. The van der Waals surface area contributed by atoms with Crippen molar-refractivity contribution in [2.75, 3.05) is 26.7 Å². The van der Waals surface area contributed by atoms with Gasteiger partial charge in [0.2, 0.25) is 0 Å². The van der Waals surface area contributed by atoms with E-state index in [1.165, 1.54) is 0 Å². The Hall–Kier alpha value is -0.994. The van der Waals surface area contributed by atoms with Crippen molar-refractivity contribution in [1.29, 1.82) is 0 Å². The van der Waals surface area contributed by atoms with E-state index in [1.54, 1.807) is 13.3 Å². The van der Waals surface area contributed by atoms with Crippen LogP contribution in [0.1, 0.15) is 35.0 Å². The molecule has 2 aromatic rings. The van der Waals surface area contributed by atoms with Crippen LogP contribution in [0.25, 0.3) is 11.1 Å². The van der Waals surface area contributed by atoms with Crippen molar-refractivity contribution in [1.82, 2.24) is 10.3 Å². The van der Waals surface area contributed by atoms with Crippen molar-refractivity contribution in [3.63, 3.8) is 0 Å². The molecular weight excluding hydrogens is 377 g/mol. The molecule has 0 atom stereocenters. The number of dihydropyridines is 1. The molecule has 0 unspecified atom stereocenters. The van der Waals surface area contributed by atoms with Crippen LogP contribution in [-0.2, 0) is 11.3 Å². The minimum absolute atomic E-state index is 0. The number of pyridine rings is 1. The predicted molar refractivity (Wildman–Crippen MR) is 106 cm³/mol. The molecule has 0 spiro atoms. The van der Waals surface area contributed by atoms with Crippen LogP contribution < -0.4 is 56.7 Å². The minimum atomic E-state index is -0.0603. The van der Waals surface area contributed by atoms with Crippen LogP contribution in [0.15, 0.2) is 41.5 Å². The van der Waals surface area contributed by atoms with E-state index in [-0.39, 0.29) is 70.3 Å². The largest absolute Gasteiger partial charge is 1.00 e. The van der Waals surface area contributed by atoms with Gasteiger partial charge in [-0.1, -0.05) is 18.6 Å². The van der Waals surface area contributed by atoms with E-state index >= 15 is 0 Å². The van der Waals surface area contributed by atoms with Gasteiger partial charge in [0.05, 0.1) is 6.54 Å². The molecule has 0 saturated carbocycles. The first kappa shape index (κ1) is 23.3. The molecule has 2 heterocycles. The second kappa shape index (κ2) is 11.9. The van der Waals surface area contributed by atoms with Crippen molar-refractivity contribution < 1.29 is 60.9 Å². The van der Waals surface area contributed by atoms with E-state index in [1.807, 2.05) is 31.2 Å². The number of hydrogen-bond donors (Lipinski definition) is 1. The van der Waals surface area contributed by atoms with Gasteiger partial charge in [-0.25, -0.2) is 12.1 Å². The number of nitrogens with one attached hydrogen (secondary N) is 1. The number of aliphatic imine (C=N–C) groups is 1. The molecule has 6 heteroatoms. The summed E-state index contributed by atoms with van der Waals surface area (Å²) in [6.07, 6.45) is 6.69. The predicted octanol–water partition coefficient (Wildman–Crippen LogP) is 0.0406. The van der Waals surface area contributed by atoms with Crippen LogP contribution >= 0.6 is 0 Å². The van der Waals surface area contributed by atoms with E-state index in [4.69, 9.17) is 4.74 Å². The Balaban J connectivity index is 0.00000280. The summed E-state index contributed by atoms with van der Waals surface area (Å²) in [5.74, 6) is -0.0603. The fourth-order valence-corrected chi connectivity index (χ4v) is 3.00. The molecule has 0 amide bonds. The maximum atomic E-state index is 12.6. The van der Waals surface area contributed by atoms with Crippen LogP contribution in [0.4, 0.5) is 0 Å². The van der Waals surface area contributed by atoms with Crippen molar-refractivity contribution >= 4 is 11.5 Å². The minimum Gasteiger partial charge on any atom is -0.393 e. The van der Waals surface area contributed by atoms with Crippen molar-refractivity contribution in [2.24, 2.45) is 4.99 Å². The zero-order valence-corrected chi connectivity index (χ0v) is 19.8. The van der Waals surface area contributed by atoms with Gasteiger partial charge in [-0.05, 0) is 25.2 Å². The average Bonchev–Trinajstić information content (AvgIpc) is 2.73. The summed E-state index contributed by atoms with van der Waals surface area (Å²) in [5, 5.41) is 3.06. The van der Waals surface area contributed by atoms with Gasteiger partial charge in [-0.15, -0.1) is 11.6 Å². The number of nitrogens with zero attached hydrogens (tertiary/aromatic N) is 2. The van der Waals surface area contributed by atoms with E-state index in [0.29, 0.717) is 5.69 Å². The fourth-order valence-electron chi connectivity index (χ4n) is 3.00. The quantitative estimate of drug-likeness (QED) is 0.386. The van der Waals surface area contributed by atoms with Gasteiger partial charge in [0.15, 0.2) is 5.78 Å². The van der Waals surface area contributed by atoms with Crippen molar-refractivity contribution in [3.8, 4) is 11.1 Å². The molecule has 0 aliphatic carbocycles. The number of ketones is 1. The summed E-state index contributed by atoms with van der Waals surface area (Å²) in [6, 6.07) is 12.3. The Morgan fingerprint density at radius 1 is 1.36 bits per heavy atom. The summed E-state index contributed by atoms with van der Waals surface area (Å²) < 4.78 is 5.35. The second-order valence-corrected chi connectivity index (χ2v) is 6.19. The van der Waals surface area contributed by atoms with E-state index in [0.717, 1.165) is 47.5 Å². The number of rotatable bonds is 8. The van der Waals surface area contributed by atoms with Gasteiger partial charge in [0.25, 0.3) is 0 Å². The first-order chi connectivity index (χ1) is 13.2. The molecule has 1 aliphatic heterocycles. The third kappa shape index (κ3) is 5.76. The second-order valence-electron chi connectivity index (χ2n) is 6.19. The van der Waals surface area contributed by atoms with Crippen LogP contribution in [0.2, 0.25) is 0 Å². The third-order valence-electron chi connectivity index (χ3n) is 4.30. The molecule has 3 rings (SSSR count). The van der Waals surface area contributed by atoms with E-state index in [2.05, 4.69) is 33.5 Å². The number of allylic oxidation sites excluding steroid dienone is 1. The monoisotopic (exact) mass is 400 g/mol. The number of aromatic nitrogens is 1. The first-order valence-corrected chi connectivity index (χ1v) is 9.10. The molecular formula is C22H23KN3O2-. The topological polar surface area (TPSA) is 63.6 Å². The molecule has 0 radical (unpaired) electrons. The van der Waals surface area contributed by atoms with Crippen molar-refractivity contribution in [3.05, 3.63) is 65.5 Å². The third-order valence-corrected chi connectivity index (χ3v) is 4.30. The molecule has 28 heavy (non-hydrogen) atoms. The van der Waals surface area contributed by atoms with Gasteiger partial charge < -0.3 is 10.1 Å².